The predicted octanol–water partition coefficient (Wildman–Crippen LogP) is 3.94. The summed E-state index contributed by atoms with van der Waals surface area (Å²) in [5.41, 5.74) is 0.342. The third-order valence-corrected chi connectivity index (χ3v) is 3.17. The molecule has 0 bridgehead atoms. The van der Waals surface area contributed by atoms with Crippen molar-refractivity contribution in [3.8, 4) is 0 Å². The number of benzene rings is 1. The van der Waals surface area contributed by atoms with Crippen molar-refractivity contribution >= 4 is 11.9 Å². The molecule has 0 aliphatic heterocycles. The summed E-state index contributed by atoms with van der Waals surface area (Å²) >= 11 is 0. The Kier molecular flexibility index (Phi) is 8.18. The van der Waals surface area contributed by atoms with Gasteiger partial charge in [0.25, 0.3) is 0 Å². The second-order valence-electron chi connectivity index (χ2n) is 5.08. The number of hydrogen-bond donors (Lipinski definition) is 0. The van der Waals surface area contributed by atoms with Crippen LogP contribution in [-0.2, 0) is 19.1 Å². The molecule has 1 aromatic rings. The van der Waals surface area contributed by atoms with Crippen molar-refractivity contribution in [1.82, 2.24) is 0 Å². The van der Waals surface area contributed by atoms with Gasteiger partial charge in [0.2, 0.25) is 0 Å². The zero-order valence-corrected chi connectivity index (χ0v) is 13.1. The number of unbranched alkanes of at least 4 members (excludes halogenated alkanes) is 1. The molecule has 0 saturated heterocycles. The number of rotatable bonds is 9. The molecule has 1 aromatic carbocycles. The van der Waals surface area contributed by atoms with Crippen molar-refractivity contribution in [1.29, 1.82) is 0 Å². The van der Waals surface area contributed by atoms with Gasteiger partial charge >= 0.3 is 11.9 Å². The van der Waals surface area contributed by atoms with Gasteiger partial charge in [-0.05, 0) is 25.8 Å². The molecule has 4 nitrogen and oxygen atoms in total. The molecular formula is C17H23FO4. The quantitative estimate of drug-likeness (QED) is 0.512. The van der Waals surface area contributed by atoms with Crippen molar-refractivity contribution in [2.45, 2.75) is 52.1 Å². The fourth-order valence-corrected chi connectivity index (χ4v) is 1.90. The van der Waals surface area contributed by atoms with Crippen molar-refractivity contribution in [2.75, 3.05) is 6.61 Å². The lowest BCUT2D eigenvalue weighted by molar-refractivity contribution is -0.149. The molecule has 5 heteroatoms. The Morgan fingerprint density at radius 1 is 1.14 bits per heavy atom. The second-order valence-corrected chi connectivity index (χ2v) is 5.08. The molecular weight excluding hydrogens is 287 g/mol. The van der Waals surface area contributed by atoms with Crippen LogP contribution in [0.2, 0.25) is 0 Å². The van der Waals surface area contributed by atoms with Crippen LogP contribution in [0.25, 0.3) is 0 Å². The maximum Gasteiger partial charge on any atom is 0.306 e. The minimum atomic E-state index is -0.648. The summed E-state index contributed by atoms with van der Waals surface area (Å²) in [6, 6.07) is 6.18. The van der Waals surface area contributed by atoms with Gasteiger partial charge in [-0.15, -0.1) is 0 Å². The number of carbonyl (C=O) groups is 2. The molecule has 0 fully saturated rings. The van der Waals surface area contributed by atoms with E-state index in [4.69, 9.17) is 9.47 Å². The van der Waals surface area contributed by atoms with E-state index in [0.29, 0.717) is 18.6 Å². The molecule has 0 radical (unpaired) electrons. The number of hydrogen-bond acceptors (Lipinski definition) is 4. The predicted molar refractivity (Wildman–Crippen MR) is 80.6 cm³/mol. The fourth-order valence-electron chi connectivity index (χ4n) is 1.90. The van der Waals surface area contributed by atoms with Crippen LogP contribution in [0.3, 0.4) is 0 Å². The van der Waals surface area contributed by atoms with Crippen LogP contribution in [0.4, 0.5) is 4.39 Å². The zero-order valence-electron chi connectivity index (χ0n) is 13.1. The molecule has 0 aliphatic rings. The van der Waals surface area contributed by atoms with Gasteiger partial charge in [-0.25, -0.2) is 4.39 Å². The molecule has 1 unspecified atom stereocenters. The van der Waals surface area contributed by atoms with E-state index < -0.39 is 17.9 Å². The first-order chi connectivity index (χ1) is 10.5. The highest BCUT2D eigenvalue weighted by Crippen LogP contribution is 2.20. The van der Waals surface area contributed by atoms with Crippen molar-refractivity contribution in [3.63, 3.8) is 0 Å². The molecule has 0 aromatic heterocycles. The number of halogens is 1. The summed E-state index contributed by atoms with van der Waals surface area (Å²) in [6.07, 6.45) is 1.83. The van der Waals surface area contributed by atoms with Crippen LogP contribution >= 0.6 is 0 Å². The van der Waals surface area contributed by atoms with E-state index in [9.17, 15) is 14.0 Å². The lowest BCUT2D eigenvalue weighted by atomic mass is 10.1. The van der Waals surface area contributed by atoms with Gasteiger partial charge in [-0.2, -0.15) is 0 Å². The van der Waals surface area contributed by atoms with Gasteiger partial charge in [0, 0.05) is 18.4 Å². The first-order valence-corrected chi connectivity index (χ1v) is 7.64. The van der Waals surface area contributed by atoms with Gasteiger partial charge in [0.15, 0.2) is 0 Å². The molecule has 0 aliphatic carbocycles. The molecule has 0 amide bonds. The summed E-state index contributed by atoms with van der Waals surface area (Å²) < 4.78 is 23.7. The number of carbonyl (C=O) groups excluding carboxylic acids is 2. The van der Waals surface area contributed by atoms with Crippen LogP contribution in [-0.4, -0.2) is 18.5 Å². The van der Waals surface area contributed by atoms with Gasteiger partial charge in [0.1, 0.15) is 11.9 Å². The topological polar surface area (TPSA) is 52.6 Å². The van der Waals surface area contributed by atoms with Crippen molar-refractivity contribution in [2.24, 2.45) is 0 Å². The summed E-state index contributed by atoms with van der Waals surface area (Å²) in [5.74, 6) is -1.15. The van der Waals surface area contributed by atoms with Crippen LogP contribution in [0.15, 0.2) is 24.3 Å². The summed E-state index contributed by atoms with van der Waals surface area (Å²) in [4.78, 5) is 23.0. The minimum absolute atomic E-state index is 0.113. The number of ether oxygens (including phenoxy) is 2. The molecule has 1 atom stereocenters. The van der Waals surface area contributed by atoms with Gasteiger partial charge in [-0.1, -0.05) is 31.5 Å². The highest BCUT2D eigenvalue weighted by Gasteiger charge is 2.15. The lowest BCUT2D eigenvalue weighted by Gasteiger charge is -2.14. The Hall–Kier alpha value is -1.91. The summed E-state index contributed by atoms with van der Waals surface area (Å²) in [7, 11) is 0. The first kappa shape index (κ1) is 18.1. The third kappa shape index (κ3) is 6.70. The molecule has 1 rings (SSSR count). The zero-order chi connectivity index (χ0) is 16.4. The third-order valence-electron chi connectivity index (χ3n) is 3.17. The Morgan fingerprint density at radius 3 is 2.50 bits per heavy atom. The molecule has 0 heterocycles. The standard InChI is InChI=1S/C17H23FO4/c1-3-4-12-21-16(19)10-7-11-17(20)22-13(2)14-8-5-6-9-15(14)18/h5-6,8-9,13H,3-4,7,10-12H2,1-2H3. The Morgan fingerprint density at radius 2 is 1.82 bits per heavy atom. The smallest absolute Gasteiger partial charge is 0.306 e. The van der Waals surface area contributed by atoms with Crippen LogP contribution < -0.4 is 0 Å². The highest BCUT2D eigenvalue weighted by atomic mass is 19.1. The first-order valence-electron chi connectivity index (χ1n) is 7.64. The second kappa shape index (κ2) is 9.92. The minimum Gasteiger partial charge on any atom is -0.466 e. The van der Waals surface area contributed by atoms with E-state index in [1.807, 2.05) is 6.92 Å². The summed E-state index contributed by atoms with van der Waals surface area (Å²) in [6.45, 7) is 4.06. The maximum absolute atomic E-state index is 13.5. The van der Waals surface area contributed by atoms with Gasteiger partial charge in [0.05, 0.1) is 6.61 Å². The molecule has 22 heavy (non-hydrogen) atoms. The van der Waals surface area contributed by atoms with Crippen molar-refractivity contribution < 1.29 is 23.5 Å². The Labute approximate surface area is 130 Å². The normalized spacial score (nSPS) is 11.8. The fraction of sp³-hybridized carbons (Fsp3) is 0.529. The van der Waals surface area contributed by atoms with Gasteiger partial charge < -0.3 is 9.47 Å². The van der Waals surface area contributed by atoms with E-state index in [1.54, 1.807) is 25.1 Å². The molecule has 122 valence electrons. The van der Waals surface area contributed by atoms with E-state index in [-0.39, 0.29) is 18.8 Å². The van der Waals surface area contributed by atoms with E-state index >= 15 is 0 Å². The average molecular weight is 310 g/mol. The van der Waals surface area contributed by atoms with E-state index in [2.05, 4.69) is 0 Å². The van der Waals surface area contributed by atoms with Crippen LogP contribution in [0, 0.1) is 5.82 Å². The maximum atomic E-state index is 13.5. The molecule has 0 N–H and O–H groups in total. The summed E-state index contributed by atoms with van der Waals surface area (Å²) in [5, 5.41) is 0. The monoisotopic (exact) mass is 310 g/mol. The van der Waals surface area contributed by atoms with Crippen LogP contribution in [0.1, 0.15) is 57.6 Å². The SMILES string of the molecule is CCCCOC(=O)CCCC(=O)OC(C)c1ccccc1F. The van der Waals surface area contributed by atoms with Crippen LogP contribution in [0.5, 0.6) is 0 Å². The average Bonchev–Trinajstić information content (AvgIpc) is 2.47. The van der Waals surface area contributed by atoms with Crippen molar-refractivity contribution in [3.05, 3.63) is 35.6 Å². The largest absolute Gasteiger partial charge is 0.466 e. The van der Waals surface area contributed by atoms with E-state index in [1.165, 1.54) is 6.07 Å². The van der Waals surface area contributed by atoms with Gasteiger partial charge in [-0.3, -0.25) is 9.59 Å². The van der Waals surface area contributed by atoms with E-state index in [0.717, 1.165) is 12.8 Å². The Balaban J connectivity index is 2.26. The Bertz CT molecular complexity index is 487. The molecule has 0 spiro atoms. The molecule has 0 saturated carbocycles. The number of esters is 2. The lowest BCUT2D eigenvalue weighted by Crippen LogP contribution is -2.11. The highest BCUT2D eigenvalue weighted by molar-refractivity contribution is 5.72.